The van der Waals surface area contributed by atoms with E-state index in [1.165, 1.54) is 6.42 Å². The maximum absolute atomic E-state index is 12.3. The molecule has 0 aliphatic carbocycles. The molecule has 5 nitrogen and oxygen atoms in total. The lowest BCUT2D eigenvalue weighted by Gasteiger charge is -2.33. The summed E-state index contributed by atoms with van der Waals surface area (Å²) < 4.78 is 5.25. The van der Waals surface area contributed by atoms with Gasteiger partial charge in [-0.15, -0.1) is 0 Å². The first kappa shape index (κ1) is 16.0. The molecule has 1 aliphatic rings. The number of amides is 1. The van der Waals surface area contributed by atoms with E-state index in [9.17, 15) is 4.79 Å². The molecule has 1 fully saturated rings. The lowest BCUT2D eigenvalue weighted by molar-refractivity contribution is -0.134. The molecule has 2 aromatic rings. The Morgan fingerprint density at radius 3 is 3.00 bits per heavy atom. The van der Waals surface area contributed by atoms with Gasteiger partial charge in [0.1, 0.15) is 0 Å². The number of benzene rings is 1. The quantitative estimate of drug-likeness (QED) is 0.855. The summed E-state index contributed by atoms with van der Waals surface area (Å²) in [5.74, 6) is 1.09. The third-order valence-corrected chi connectivity index (χ3v) is 4.59. The fourth-order valence-corrected chi connectivity index (χ4v) is 3.15. The van der Waals surface area contributed by atoms with Crippen molar-refractivity contribution in [1.29, 1.82) is 0 Å². The number of carbonyl (C=O) groups is 1. The number of halogens is 1. The molecule has 23 heavy (non-hydrogen) atoms. The lowest BCUT2D eigenvalue weighted by Crippen LogP contribution is -2.42. The van der Waals surface area contributed by atoms with Gasteiger partial charge >= 0.3 is 0 Å². The van der Waals surface area contributed by atoms with E-state index in [1.54, 1.807) is 6.07 Å². The zero-order valence-corrected chi connectivity index (χ0v) is 13.9. The van der Waals surface area contributed by atoms with Crippen molar-refractivity contribution in [3.05, 3.63) is 35.2 Å². The van der Waals surface area contributed by atoms with Gasteiger partial charge in [-0.05, 0) is 38.3 Å². The van der Waals surface area contributed by atoms with Crippen LogP contribution in [-0.2, 0) is 11.2 Å². The smallest absolute Gasteiger partial charge is 0.227 e. The predicted molar refractivity (Wildman–Crippen MR) is 88.1 cm³/mol. The molecule has 0 bridgehead atoms. The minimum Gasteiger partial charge on any atom is -0.340 e. The molecule has 122 valence electrons. The Kier molecular flexibility index (Phi) is 4.96. The van der Waals surface area contributed by atoms with Crippen molar-refractivity contribution in [2.24, 2.45) is 0 Å². The standard InChI is InChI=1S/C17H20ClN3O2/c1-12-6-4-5-11-21(12)16(22)10-9-15-19-17(20-23-15)13-7-2-3-8-14(13)18/h2-3,7-8,12H,4-6,9-11H2,1H3. The SMILES string of the molecule is CC1CCCCN1C(=O)CCc1nc(-c2ccccc2Cl)no1. The van der Waals surface area contributed by atoms with Crippen LogP contribution in [0.3, 0.4) is 0 Å². The maximum Gasteiger partial charge on any atom is 0.227 e. The third-order valence-electron chi connectivity index (χ3n) is 4.26. The van der Waals surface area contributed by atoms with Crippen LogP contribution in [0.1, 0.15) is 38.5 Å². The number of hydrogen-bond donors (Lipinski definition) is 0. The van der Waals surface area contributed by atoms with E-state index in [2.05, 4.69) is 17.1 Å². The maximum atomic E-state index is 12.3. The number of piperidine rings is 1. The van der Waals surface area contributed by atoms with Gasteiger partial charge in [-0.3, -0.25) is 4.79 Å². The van der Waals surface area contributed by atoms with Crippen LogP contribution in [0.2, 0.25) is 5.02 Å². The Morgan fingerprint density at radius 1 is 1.39 bits per heavy atom. The molecular weight excluding hydrogens is 314 g/mol. The monoisotopic (exact) mass is 333 g/mol. The van der Waals surface area contributed by atoms with Crippen LogP contribution in [0.25, 0.3) is 11.4 Å². The summed E-state index contributed by atoms with van der Waals surface area (Å²) in [4.78, 5) is 18.6. The van der Waals surface area contributed by atoms with E-state index in [0.717, 1.165) is 24.9 Å². The molecule has 0 N–H and O–H groups in total. The molecule has 0 saturated carbocycles. The number of likely N-dealkylation sites (tertiary alicyclic amines) is 1. The number of nitrogens with zero attached hydrogens (tertiary/aromatic N) is 3. The molecule has 0 radical (unpaired) electrons. The zero-order chi connectivity index (χ0) is 16.2. The molecular formula is C17H20ClN3O2. The first-order valence-electron chi connectivity index (χ1n) is 8.02. The second kappa shape index (κ2) is 7.13. The second-order valence-corrected chi connectivity index (χ2v) is 6.33. The summed E-state index contributed by atoms with van der Waals surface area (Å²) in [6, 6.07) is 7.69. The van der Waals surface area contributed by atoms with Crippen LogP contribution in [0.5, 0.6) is 0 Å². The van der Waals surface area contributed by atoms with Crippen LogP contribution in [-0.4, -0.2) is 33.5 Å². The molecule has 1 aliphatic heterocycles. The molecule has 1 aromatic heterocycles. The first-order valence-corrected chi connectivity index (χ1v) is 8.40. The topological polar surface area (TPSA) is 59.2 Å². The third kappa shape index (κ3) is 3.72. The number of rotatable bonds is 4. The van der Waals surface area contributed by atoms with Gasteiger partial charge in [0, 0.05) is 31.0 Å². The number of aromatic nitrogens is 2. The van der Waals surface area contributed by atoms with Crippen molar-refractivity contribution in [2.75, 3.05) is 6.54 Å². The van der Waals surface area contributed by atoms with Crippen LogP contribution < -0.4 is 0 Å². The van der Waals surface area contributed by atoms with Gasteiger partial charge in [-0.2, -0.15) is 4.98 Å². The fraction of sp³-hybridized carbons (Fsp3) is 0.471. The Balaban J connectivity index is 1.61. The molecule has 1 atom stereocenters. The van der Waals surface area contributed by atoms with E-state index in [4.69, 9.17) is 16.1 Å². The van der Waals surface area contributed by atoms with Crippen molar-refractivity contribution in [3.8, 4) is 11.4 Å². The second-order valence-electron chi connectivity index (χ2n) is 5.92. The van der Waals surface area contributed by atoms with Crippen LogP contribution in [0, 0.1) is 0 Å². The molecule has 6 heteroatoms. The lowest BCUT2D eigenvalue weighted by atomic mass is 10.0. The van der Waals surface area contributed by atoms with Gasteiger partial charge in [0.25, 0.3) is 0 Å². The summed E-state index contributed by atoms with van der Waals surface area (Å²) in [6.07, 6.45) is 4.24. The van der Waals surface area contributed by atoms with Crippen molar-refractivity contribution in [1.82, 2.24) is 15.0 Å². The highest BCUT2D eigenvalue weighted by Crippen LogP contribution is 2.25. The summed E-state index contributed by atoms with van der Waals surface area (Å²) >= 11 is 6.13. The van der Waals surface area contributed by atoms with E-state index >= 15 is 0 Å². The van der Waals surface area contributed by atoms with E-state index in [-0.39, 0.29) is 5.91 Å². The van der Waals surface area contributed by atoms with E-state index in [0.29, 0.717) is 35.6 Å². The molecule has 1 saturated heterocycles. The predicted octanol–water partition coefficient (Wildman–Crippen LogP) is 3.72. The fourth-order valence-electron chi connectivity index (χ4n) is 2.93. The van der Waals surface area contributed by atoms with Gasteiger partial charge in [0.2, 0.25) is 17.6 Å². The minimum absolute atomic E-state index is 0.162. The van der Waals surface area contributed by atoms with Gasteiger partial charge in [0.15, 0.2) is 0 Å². The first-order chi connectivity index (χ1) is 11.1. The van der Waals surface area contributed by atoms with Crippen LogP contribution in [0.15, 0.2) is 28.8 Å². The number of carbonyl (C=O) groups excluding carboxylic acids is 1. The number of aryl methyl sites for hydroxylation is 1. The van der Waals surface area contributed by atoms with Crippen molar-refractivity contribution >= 4 is 17.5 Å². The van der Waals surface area contributed by atoms with Gasteiger partial charge < -0.3 is 9.42 Å². The van der Waals surface area contributed by atoms with E-state index < -0.39 is 0 Å². The summed E-state index contributed by atoms with van der Waals surface area (Å²) in [6.45, 7) is 2.97. The highest BCUT2D eigenvalue weighted by molar-refractivity contribution is 6.33. The van der Waals surface area contributed by atoms with E-state index in [1.807, 2.05) is 23.1 Å². The average Bonchev–Trinajstić information content (AvgIpc) is 3.02. The zero-order valence-electron chi connectivity index (χ0n) is 13.2. The van der Waals surface area contributed by atoms with Crippen molar-refractivity contribution < 1.29 is 9.32 Å². The molecule has 1 unspecified atom stereocenters. The molecule has 1 aromatic carbocycles. The summed E-state index contributed by atoms with van der Waals surface area (Å²) in [5, 5.41) is 4.54. The van der Waals surface area contributed by atoms with Gasteiger partial charge in [-0.25, -0.2) is 0 Å². The van der Waals surface area contributed by atoms with Crippen molar-refractivity contribution in [2.45, 2.75) is 45.1 Å². The Hall–Kier alpha value is -1.88. The molecule has 1 amide bonds. The molecule has 3 rings (SSSR count). The van der Waals surface area contributed by atoms with Gasteiger partial charge in [-0.1, -0.05) is 28.9 Å². The Labute approximate surface area is 140 Å². The average molecular weight is 334 g/mol. The van der Waals surface area contributed by atoms with Gasteiger partial charge in [0.05, 0.1) is 5.02 Å². The Bertz CT molecular complexity index is 686. The largest absolute Gasteiger partial charge is 0.340 e. The summed E-state index contributed by atoms with van der Waals surface area (Å²) in [5.41, 5.74) is 0.736. The molecule has 0 spiro atoms. The molecule has 2 heterocycles. The highest BCUT2D eigenvalue weighted by atomic mass is 35.5. The Morgan fingerprint density at radius 2 is 2.22 bits per heavy atom. The highest BCUT2D eigenvalue weighted by Gasteiger charge is 2.23. The summed E-state index contributed by atoms with van der Waals surface area (Å²) in [7, 11) is 0. The van der Waals surface area contributed by atoms with Crippen LogP contribution in [0.4, 0.5) is 0 Å². The van der Waals surface area contributed by atoms with Crippen molar-refractivity contribution in [3.63, 3.8) is 0 Å². The normalized spacial score (nSPS) is 18.2. The van der Waals surface area contributed by atoms with Crippen LogP contribution >= 0.6 is 11.6 Å². The minimum atomic E-state index is 0.162. The number of hydrogen-bond acceptors (Lipinski definition) is 4.